The van der Waals surface area contributed by atoms with Gasteiger partial charge in [-0.2, -0.15) is 0 Å². The number of imide groups is 1. The van der Waals surface area contributed by atoms with Crippen LogP contribution in [-0.4, -0.2) is 46.8 Å². The molecule has 2 aromatic heterocycles. The lowest BCUT2D eigenvalue weighted by atomic mass is 9.97. The van der Waals surface area contributed by atoms with Gasteiger partial charge in [-0.15, -0.1) is 11.3 Å². The third-order valence-corrected chi connectivity index (χ3v) is 6.64. The zero-order chi connectivity index (χ0) is 17.1. The van der Waals surface area contributed by atoms with Gasteiger partial charge in [-0.05, 0) is 44.1 Å². The molecule has 2 amide bonds. The number of aryl methyl sites for hydroxylation is 2. The molecule has 0 bridgehead atoms. The summed E-state index contributed by atoms with van der Waals surface area (Å²) in [5.74, 6) is 1.81. The molecule has 2 aromatic rings. The van der Waals surface area contributed by atoms with Gasteiger partial charge in [-0.3, -0.25) is 14.5 Å². The van der Waals surface area contributed by atoms with E-state index < -0.39 is 0 Å². The van der Waals surface area contributed by atoms with E-state index in [1.165, 1.54) is 28.2 Å². The molecule has 7 heteroatoms. The van der Waals surface area contributed by atoms with Gasteiger partial charge < -0.3 is 4.90 Å². The molecule has 5 rings (SSSR count). The van der Waals surface area contributed by atoms with Crippen molar-refractivity contribution >= 4 is 39.2 Å². The molecule has 0 spiro atoms. The van der Waals surface area contributed by atoms with Crippen LogP contribution in [0.3, 0.4) is 0 Å². The topological polar surface area (TPSA) is 66.4 Å². The first-order valence-electron chi connectivity index (χ1n) is 8.98. The molecule has 130 valence electrons. The van der Waals surface area contributed by atoms with Crippen LogP contribution in [0.5, 0.6) is 0 Å². The van der Waals surface area contributed by atoms with E-state index >= 15 is 0 Å². The Labute approximate surface area is 149 Å². The summed E-state index contributed by atoms with van der Waals surface area (Å²) in [5.41, 5.74) is 1.35. The van der Waals surface area contributed by atoms with Crippen molar-refractivity contribution in [3.63, 3.8) is 0 Å². The highest BCUT2D eigenvalue weighted by molar-refractivity contribution is 7.19. The Balaban J connectivity index is 1.68. The van der Waals surface area contributed by atoms with Crippen molar-refractivity contribution in [2.45, 2.75) is 44.4 Å². The number of carbonyl (C=O) groups excluding carboxylic acids is 2. The third kappa shape index (κ3) is 2.44. The third-order valence-electron chi connectivity index (χ3n) is 5.46. The molecule has 2 aliphatic carbocycles. The molecule has 0 atom stereocenters. The Kier molecular flexibility index (Phi) is 3.35. The standard InChI is InChI=1S/C18H20N4O2S/c1-21-13(23)8-22(9-14(21)24)17-15-11-4-2-3-5-12(11)25-18(15)20-16(19-17)10-6-7-10/h10H,2-9H2,1H3. The number of anilines is 1. The van der Waals surface area contributed by atoms with Crippen LogP contribution in [0.15, 0.2) is 0 Å². The van der Waals surface area contributed by atoms with Gasteiger partial charge in [0.1, 0.15) is 16.5 Å². The lowest BCUT2D eigenvalue weighted by molar-refractivity contribution is -0.143. The van der Waals surface area contributed by atoms with Crippen LogP contribution in [0.2, 0.25) is 0 Å². The summed E-state index contributed by atoms with van der Waals surface area (Å²) in [4.78, 5) is 39.7. The van der Waals surface area contributed by atoms with E-state index in [-0.39, 0.29) is 24.9 Å². The molecule has 0 aromatic carbocycles. The summed E-state index contributed by atoms with van der Waals surface area (Å²) >= 11 is 1.78. The number of fused-ring (bicyclic) bond motifs is 3. The van der Waals surface area contributed by atoms with Crippen molar-refractivity contribution in [1.29, 1.82) is 0 Å². The van der Waals surface area contributed by atoms with Crippen LogP contribution in [-0.2, 0) is 22.4 Å². The summed E-state index contributed by atoms with van der Waals surface area (Å²) in [6.07, 6.45) is 6.83. The second kappa shape index (κ2) is 5.49. The fourth-order valence-corrected chi connectivity index (χ4v) is 5.05. The molecule has 3 heterocycles. The summed E-state index contributed by atoms with van der Waals surface area (Å²) in [6.45, 7) is 0.423. The van der Waals surface area contributed by atoms with Gasteiger partial charge in [0.05, 0.1) is 18.5 Å². The number of hydrogen-bond acceptors (Lipinski definition) is 6. The molecule has 25 heavy (non-hydrogen) atoms. The number of amides is 2. The van der Waals surface area contributed by atoms with Gasteiger partial charge in [0, 0.05) is 17.8 Å². The summed E-state index contributed by atoms with van der Waals surface area (Å²) in [6, 6.07) is 0. The van der Waals surface area contributed by atoms with E-state index in [9.17, 15) is 9.59 Å². The highest BCUT2D eigenvalue weighted by Gasteiger charge is 2.34. The highest BCUT2D eigenvalue weighted by Crippen LogP contribution is 2.44. The first kappa shape index (κ1) is 15.3. The largest absolute Gasteiger partial charge is 0.337 e. The summed E-state index contributed by atoms with van der Waals surface area (Å²) in [7, 11) is 1.56. The van der Waals surface area contributed by atoms with E-state index in [1.807, 2.05) is 4.90 Å². The number of aromatic nitrogens is 2. The molecule has 1 aliphatic heterocycles. The van der Waals surface area contributed by atoms with Crippen LogP contribution < -0.4 is 4.90 Å². The molecule has 0 radical (unpaired) electrons. The summed E-state index contributed by atoms with van der Waals surface area (Å²) in [5, 5.41) is 1.09. The molecule has 6 nitrogen and oxygen atoms in total. The van der Waals surface area contributed by atoms with E-state index in [0.29, 0.717) is 5.92 Å². The van der Waals surface area contributed by atoms with Crippen LogP contribution in [0.1, 0.15) is 47.9 Å². The predicted octanol–water partition coefficient (Wildman–Crippen LogP) is 2.25. The van der Waals surface area contributed by atoms with Crippen molar-refractivity contribution in [1.82, 2.24) is 14.9 Å². The number of thiophene rings is 1. The summed E-state index contributed by atoms with van der Waals surface area (Å²) < 4.78 is 0. The van der Waals surface area contributed by atoms with Crippen molar-refractivity contribution in [2.24, 2.45) is 0 Å². The first-order valence-corrected chi connectivity index (χ1v) is 9.80. The maximum Gasteiger partial charge on any atom is 0.248 e. The molecule has 2 fully saturated rings. The normalized spacial score (nSPS) is 21.2. The van der Waals surface area contributed by atoms with Crippen molar-refractivity contribution < 1.29 is 9.59 Å². The Hall–Kier alpha value is -2.02. The van der Waals surface area contributed by atoms with Crippen molar-refractivity contribution in [3.8, 4) is 0 Å². The van der Waals surface area contributed by atoms with E-state index in [0.717, 1.165) is 47.5 Å². The van der Waals surface area contributed by atoms with Gasteiger partial charge in [0.25, 0.3) is 0 Å². The molecular formula is C18H20N4O2S. The predicted molar refractivity (Wildman–Crippen MR) is 96.0 cm³/mol. The highest BCUT2D eigenvalue weighted by atomic mass is 32.1. The Morgan fingerprint density at radius 2 is 1.76 bits per heavy atom. The maximum atomic E-state index is 12.2. The SMILES string of the molecule is CN1C(=O)CN(c2nc(C3CC3)nc3sc4c(c23)CCCC4)CC1=O. The zero-order valence-corrected chi connectivity index (χ0v) is 15.1. The van der Waals surface area contributed by atoms with Crippen molar-refractivity contribution in [2.75, 3.05) is 25.0 Å². The minimum atomic E-state index is -0.167. The Morgan fingerprint density at radius 1 is 1.04 bits per heavy atom. The Bertz CT molecular complexity index is 884. The molecule has 0 unspecified atom stereocenters. The second-order valence-corrected chi connectivity index (χ2v) is 8.36. The van der Waals surface area contributed by atoms with Gasteiger partial charge >= 0.3 is 0 Å². The zero-order valence-electron chi connectivity index (χ0n) is 14.2. The van der Waals surface area contributed by atoms with E-state index in [4.69, 9.17) is 9.97 Å². The number of carbonyl (C=O) groups is 2. The smallest absolute Gasteiger partial charge is 0.248 e. The molecule has 1 saturated carbocycles. The first-order chi connectivity index (χ1) is 12.1. The molecular weight excluding hydrogens is 336 g/mol. The van der Waals surface area contributed by atoms with E-state index in [1.54, 1.807) is 18.4 Å². The Morgan fingerprint density at radius 3 is 2.48 bits per heavy atom. The minimum Gasteiger partial charge on any atom is -0.337 e. The van der Waals surface area contributed by atoms with Crippen LogP contribution in [0.4, 0.5) is 5.82 Å². The van der Waals surface area contributed by atoms with Crippen LogP contribution >= 0.6 is 11.3 Å². The van der Waals surface area contributed by atoms with Gasteiger partial charge in [0.15, 0.2) is 0 Å². The van der Waals surface area contributed by atoms with Gasteiger partial charge in [-0.1, -0.05) is 0 Å². The molecule has 0 N–H and O–H groups in total. The lowest BCUT2D eigenvalue weighted by Gasteiger charge is -2.32. The van der Waals surface area contributed by atoms with Gasteiger partial charge in [0.2, 0.25) is 11.8 Å². The maximum absolute atomic E-state index is 12.2. The number of rotatable bonds is 2. The van der Waals surface area contributed by atoms with Crippen LogP contribution in [0.25, 0.3) is 10.2 Å². The monoisotopic (exact) mass is 356 g/mol. The lowest BCUT2D eigenvalue weighted by Crippen LogP contribution is -2.52. The number of likely N-dealkylation sites (N-methyl/N-ethyl adjacent to an activating group) is 1. The molecule has 1 saturated heterocycles. The average molecular weight is 356 g/mol. The second-order valence-electron chi connectivity index (χ2n) is 7.27. The number of piperazine rings is 1. The fraction of sp³-hybridized carbons (Fsp3) is 0.556. The number of hydrogen-bond donors (Lipinski definition) is 0. The number of nitrogens with zero attached hydrogens (tertiary/aromatic N) is 4. The minimum absolute atomic E-state index is 0.167. The quantitative estimate of drug-likeness (QED) is 0.772. The van der Waals surface area contributed by atoms with Crippen molar-refractivity contribution in [3.05, 3.63) is 16.3 Å². The van der Waals surface area contributed by atoms with Gasteiger partial charge in [-0.25, -0.2) is 9.97 Å². The van der Waals surface area contributed by atoms with Crippen LogP contribution in [0, 0.1) is 0 Å². The fourth-order valence-electron chi connectivity index (χ4n) is 3.79. The average Bonchev–Trinajstić information content (AvgIpc) is 3.39. The molecule has 3 aliphatic rings. The van der Waals surface area contributed by atoms with E-state index in [2.05, 4.69) is 0 Å².